The fraction of sp³-hybridized carbons (Fsp3) is 0.188. The molecule has 0 spiro atoms. The minimum absolute atomic E-state index is 0.356. The molecule has 110 valence electrons. The number of rotatable bonds is 7. The summed E-state index contributed by atoms with van der Waals surface area (Å²) < 4.78 is 17.3. The first-order valence-corrected chi connectivity index (χ1v) is 7.16. The van der Waals surface area contributed by atoms with Crippen molar-refractivity contribution in [3.8, 4) is 17.2 Å². The fourth-order valence-corrected chi connectivity index (χ4v) is 1.99. The van der Waals surface area contributed by atoms with E-state index in [0.717, 1.165) is 16.5 Å². The Morgan fingerprint density at radius 3 is 2.38 bits per heavy atom. The molecular weight excluding hydrogens is 336 g/mol. The molecule has 0 radical (unpaired) electrons. The molecule has 0 N–H and O–H groups in total. The van der Waals surface area contributed by atoms with Crippen molar-refractivity contribution < 1.29 is 19.0 Å². The topological polar surface area (TPSA) is 44.8 Å². The Balaban J connectivity index is 1.88. The quantitative estimate of drug-likeness (QED) is 0.563. The van der Waals surface area contributed by atoms with Crippen LogP contribution in [-0.4, -0.2) is 26.6 Å². The molecule has 0 aromatic heterocycles. The summed E-state index contributed by atoms with van der Waals surface area (Å²) in [5.41, 5.74) is 0.541. The van der Waals surface area contributed by atoms with Crippen molar-refractivity contribution in [1.82, 2.24) is 0 Å². The van der Waals surface area contributed by atoms with Gasteiger partial charge in [0.1, 0.15) is 25.2 Å². The molecule has 21 heavy (non-hydrogen) atoms. The van der Waals surface area contributed by atoms with Crippen LogP contribution in [-0.2, 0) is 0 Å². The molecule has 0 saturated heterocycles. The minimum Gasteiger partial charge on any atom is -0.493 e. The van der Waals surface area contributed by atoms with Crippen LogP contribution in [0.1, 0.15) is 10.4 Å². The highest BCUT2D eigenvalue weighted by molar-refractivity contribution is 9.10. The van der Waals surface area contributed by atoms with Crippen molar-refractivity contribution in [2.75, 3.05) is 20.3 Å². The van der Waals surface area contributed by atoms with Crippen molar-refractivity contribution in [2.45, 2.75) is 0 Å². The Bertz CT molecular complexity index is 596. The van der Waals surface area contributed by atoms with Gasteiger partial charge in [0.25, 0.3) is 0 Å². The second-order valence-electron chi connectivity index (χ2n) is 4.18. The van der Waals surface area contributed by atoms with Gasteiger partial charge in [-0.05, 0) is 42.5 Å². The van der Waals surface area contributed by atoms with Crippen LogP contribution in [0.15, 0.2) is 46.9 Å². The molecule has 0 bridgehead atoms. The number of hydrogen-bond acceptors (Lipinski definition) is 4. The fourth-order valence-electron chi connectivity index (χ4n) is 1.72. The van der Waals surface area contributed by atoms with Gasteiger partial charge in [0, 0.05) is 10.0 Å². The highest BCUT2D eigenvalue weighted by Crippen LogP contribution is 2.27. The summed E-state index contributed by atoms with van der Waals surface area (Å²) in [6.45, 7) is 0.755. The maximum atomic E-state index is 10.8. The molecule has 0 aliphatic rings. The molecule has 5 heteroatoms. The van der Waals surface area contributed by atoms with Crippen molar-refractivity contribution >= 4 is 22.2 Å². The van der Waals surface area contributed by atoms with Gasteiger partial charge in [-0.1, -0.05) is 15.9 Å². The molecule has 0 aliphatic heterocycles. The van der Waals surface area contributed by atoms with Crippen LogP contribution < -0.4 is 14.2 Å². The van der Waals surface area contributed by atoms with E-state index < -0.39 is 0 Å². The van der Waals surface area contributed by atoms with Crippen LogP contribution in [0, 0.1) is 0 Å². The van der Waals surface area contributed by atoms with Crippen molar-refractivity contribution in [1.29, 1.82) is 0 Å². The summed E-state index contributed by atoms with van der Waals surface area (Å²) in [6.07, 6.45) is 0.768. The van der Waals surface area contributed by atoms with Gasteiger partial charge in [0.15, 0.2) is 11.5 Å². The number of methoxy groups -OCH3 is 1. The zero-order valence-electron chi connectivity index (χ0n) is 11.5. The molecule has 2 rings (SSSR count). The first-order valence-electron chi connectivity index (χ1n) is 6.37. The zero-order chi connectivity index (χ0) is 15.1. The first-order chi connectivity index (χ1) is 10.2. The smallest absolute Gasteiger partial charge is 0.162 e. The van der Waals surface area contributed by atoms with Crippen LogP contribution in [0.5, 0.6) is 17.2 Å². The third-order valence-electron chi connectivity index (χ3n) is 2.75. The summed E-state index contributed by atoms with van der Waals surface area (Å²) in [5, 5.41) is 0. The van der Waals surface area contributed by atoms with E-state index >= 15 is 0 Å². The second-order valence-corrected chi connectivity index (χ2v) is 5.09. The molecule has 2 aromatic rings. The third-order valence-corrected chi connectivity index (χ3v) is 3.28. The van der Waals surface area contributed by atoms with Gasteiger partial charge in [0.2, 0.25) is 0 Å². The van der Waals surface area contributed by atoms with Crippen LogP contribution in [0.3, 0.4) is 0 Å². The Labute approximate surface area is 131 Å². The number of ether oxygens (including phenoxy) is 3. The van der Waals surface area contributed by atoms with E-state index in [1.807, 2.05) is 24.3 Å². The maximum Gasteiger partial charge on any atom is 0.162 e. The zero-order valence-corrected chi connectivity index (χ0v) is 13.1. The van der Waals surface area contributed by atoms with Crippen LogP contribution >= 0.6 is 15.9 Å². The van der Waals surface area contributed by atoms with E-state index in [1.165, 1.54) is 0 Å². The van der Waals surface area contributed by atoms with Crippen molar-refractivity contribution in [2.24, 2.45) is 0 Å². The van der Waals surface area contributed by atoms with Crippen molar-refractivity contribution in [3.63, 3.8) is 0 Å². The first kappa shape index (κ1) is 15.4. The summed E-state index contributed by atoms with van der Waals surface area (Å²) in [4.78, 5) is 10.8. The molecule has 0 saturated carbocycles. The Morgan fingerprint density at radius 1 is 1.00 bits per heavy atom. The molecule has 4 nitrogen and oxygen atoms in total. The maximum absolute atomic E-state index is 10.8. The number of aldehydes is 1. The monoisotopic (exact) mass is 350 g/mol. The molecule has 0 amide bonds. The van der Waals surface area contributed by atoms with Crippen molar-refractivity contribution in [3.05, 3.63) is 52.5 Å². The SMILES string of the molecule is COc1ccc(C=O)cc1OCCOc1ccc(Br)cc1. The van der Waals surface area contributed by atoms with Gasteiger partial charge >= 0.3 is 0 Å². The lowest BCUT2D eigenvalue weighted by Gasteiger charge is -2.12. The van der Waals surface area contributed by atoms with Gasteiger partial charge in [0.05, 0.1) is 7.11 Å². The molecule has 0 fully saturated rings. The van der Waals surface area contributed by atoms with Gasteiger partial charge in [-0.3, -0.25) is 4.79 Å². The Morgan fingerprint density at radius 2 is 1.71 bits per heavy atom. The highest BCUT2D eigenvalue weighted by Gasteiger charge is 2.05. The van der Waals surface area contributed by atoms with E-state index in [-0.39, 0.29) is 0 Å². The number of halogens is 1. The molecular formula is C16H15BrO4. The standard InChI is InChI=1S/C16H15BrO4/c1-19-15-7-2-12(11-18)10-16(15)21-9-8-20-14-5-3-13(17)4-6-14/h2-7,10-11H,8-9H2,1H3. The molecule has 0 aliphatic carbocycles. The molecule has 0 unspecified atom stereocenters. The van der Waals surface area contributed by atoms with Gasteiger partial charge in [-0.15, -0.1) is 0 Å². The summed E-state index contributed by atoms with van der Waals surface area (Å²) in [6, 6.07) is 12.6. The number of carbonyl (C=O) groups is 1. The number of benzene rings is 2. The predicted molar refractivity (Wildman–Crippen MR) is 83.5 cm³/mol. The third kappa shape index (κ3) is 4.49. The average Bonchev–Trinajstić information content (AvgIpc) is 2.53. The normalized spacial score (nSPS) is 10.0. The van der Waals surface area contributed by atoms with Gasteiger partial charge in [-0.25, -0.2) is 0 Å². The van der Waals surface area contributed by atoms with Crippen LogP contribution in [0.4, 0.5) is 0 Å². The largest absolute Gasteiger partial charge is 0.493 e. The van der Waals surface area contributed by atoms with Gasteiger partial charge in [-0.2, -0.15) is 0 Å². The minimum atomic E-state index is 0.356. The van der Waals surface area contributed by atoms with E-state index in [4.69, 9.17) is 14.2 Å². The Hall–Kier alpha value is -2.01. The lowest BCUT2D eigenvalue weighted by Crippen LogP contribution is -2.09. The molecule has 2 aromatic carbocycles. The second kappa shape index (κ2) is 7.69. The summed E-state index contributed by atoms with van der Waals surface area (Å²) >= 11 is 3.36. The van der Waals surface area contributed by atoms with E-state index in [1.54, 1.807) is 25.3 Å². The predicted octanol–water partition coefficient (Wildman–Crippen LogP) is 3.73. The van der Waals surface area contributed by atoms with E-state index in [9.17, 15) is 4.79 Å². The molecule has 0 atom stereocenters. The lowest BCUT2D eigenvalue weighted by molar-refractivity contribution is 0.112. The van der Waals surface area contributed by atoms with Gasteiger partial charge < -0.3 is 14.2 Å². The summed E-state index contributed by atoms with van der Waals surface area (Å²) in [7, 11) is 1.56. The van der Waals surface area contributed by atoms with E-state index in [2.05, 4.69) is 15.9 Å². The van der Waals surface area contributed by atoms with Crippen LogP contribution in [0.25, 0.3) is 0 Å². The average molecular weight is 351 g/mol. The summed E-state index contributed by atoms with van der Waals surface area (Å²) in [5.74, 6) is 1.89. The van der Waals surface area contributed by atoms with E-state index in [0.29, 0.717) is 30.3 Å². The number of hydrogen-bond donors (Lipinski definition) is 0. The lowest BCUT2D eigenvalue weighted by atomic mass is 10.2. The highest BCUT2D eigenvalue weighted by atomic mass is 79.9. The van der Waals surface area contributed by atoms with Crippen LogP contribution in [0.2, 0.25) is 0 Å². The molecule has 0 heterocycles. The Kier molecular flexibility index (Phi) is 5.63. The number of carbonyl (C=O) groups excluding carboxylic acids is 1.